The lowest BCUT2D eigenvalue weighted by Crippen LogP contribution is -2.48. The normalized spacial score (nSPS) is 22.0. The van der Waals surface area contributed by atoms with Crippen molar-refractivity contribution in [2.24, 2.45) is 5.41 Å². The second-order valence-electron chi connectivity index (χ2n) is 9.95. The van der Waals surface area contributed by atoms with E-state index in [1.165, 1.54) is 9.80 Å². The summed E-state index contributed by atoms with van der Waals surface area (Å²) in [6, 6.07) is 16.2. The summed E-state index contributed by atoms with van der Waals surface area (Å²) in [7, 11) is 1.61. The molecule has 0 radical (unpaired) electrons. The molecule has 9 heteroatoms. The standard InChI is InChI=1S/C27H27N5O4/c1-17(18-6-4-3-5-7-18)32(24(35)26(16-28)10-11-26)15-22(33)29-21-9-8-19-13-27(14-20(19)12-21)23(34)30-25(36)31(27)2/h3-9,12,17H,10-11,13-15H2,1-2H3,(H,29,33)(H,30,34,36)/t17-,27+/m1/s1. The van der Waals surface area contributed by atoms with E-state index in [-0.39, 0.29) is 30.3 Å². The highest BCUT2D eigenvalue weighted by atomic mass is 16.2. The molecule has 5 rings (SSSR count). The number of hydrogen-bond donors (Lipinski definition) is 2. The first-order valence-electron chi connectivity index (χ1n) is 12.0. The SMILES string of the molecule is C[C@H](c1ccccc1)N(CC(=O)Nc1ccc2c(c1)C[C@@]1(C2)C(=O)NC(=O)N1C)C(=O)C1(C#N)CC1. The van der Waals surface area contributed by atoms with Crippen molar-refractivity contribution in [3.05, 3.63) is 65.2 Å². The van der Waals surface area contributed by atoms with Gasteiger partial charge in [0.15, 0.2) is 0 Å². The minimum absolute atomic E-state index is 0.195. The lowest BCUT2D eigenvalue weighted by molar-refractivity contribution is -0.140. The number of fused-ring (bicyclic) bond motifs is 1. The van der Waals surface area contributed by atoms with Crippen molar-refractivity contribution in [3.63, 3.8) is 0 Å². The predicted octanol–water partition coefficient (Wildman–Crippen LogP) is 2.54. The maximum absolute atomic E-state index is 13.3. The molecule has 9 nitrogen and oxygen atoms in total. The van der Waals surface area contributed by atoms with E-state index in [1.807, 2.05) is 49.4 Å². The van der Waals surface area contributed by atoms with Gasteiger partial charge in [-0.25, -0.2) is 4.79 Å². The molecular formula is C27H27N5O4. The zero-order valence-corrected chi connectivity index (χ0v) is 20.2. The van der Waals surface area contributed by atoms with E-state index >= 15 is 0 Å². The second kappa shape index (κ2) is 8.48. The first-order valence-corrected chi connectivity index (χ1v) is 12.0. The van der Waals surface area contributed by atoms with Crippen LogP contribution in [-0.4, -0.2) is 52.7 Å². The summed E-state index contributed by atoms with van der Waals surface area (Å²) in [5.74, 6) is -1.02. The third kappa shape index (κ3) is 3.79. The molecule has 3 aliphatic rings. The largest absolute Gasteiger partial charge is 0.325 e. The molecule has 184 valence electrons. The van der Waals surface area contributed by atoms with Gasteiger partial charge in [0.05, 0.1) is 12.1 Å². The number of imide groups is 1. The molecule has 1 aliphatic heterocycles. The summed E-state index contributed by atoms with van der Waals surface area (Å²) >= 11 is 0. The quantitative estimate of drug-likeness (QED) is 0.609. The number of likely N-dealkylation sites (N-methyl/N-ethyl adjacent to an activating group) is 1. The molecule has 2 aromatic carbocycles. The van der Waals surface area contributed by atoms with Gasteiger partial charge in [0.2, 0.25) is 11.8 Å². The van der Waals surface area contributed by atoms with E-state index in [0.29, 0.717) is 31.4 Å². The number of carbonyl (C=O) groups is 4. The molecule has 2 N–H and O–H groups in total. The van der Waals surface area contributed by atoms with E-state index in [1.54, 1.807) is 13.1 Å². The zero-order chi connectivity index (χ0) is 25.7. The smallest absolute Gasteiger partial charge is 0.324 e. The highest BCUT2D eigenvalue weighted by molar-refractivity contribution is 6.07. The third-order valence-electron chi connectivity index (χ3n) is 7.74. The van der Waals surface area contributed by atoms with Crippen molar-refractivity contribution in [1.82, 2.24) is 15.1 Å². The maximum atomic E-state index is 13.3. The van der Waals surface area contributed by atoms with Crippen LogP contribution in [0.2, 0.25) is 0 Å². The number of nitrogens with one attached hydrogen (secondary N) is 2. The van der Waals surface area contributed by atoms with Gasteiger partial charge in [0.25, 0.3) is 5.91 Å². The highest BCUT2D eigenvalue weighted by Gasteiger charge is 2.55. The number of hydrogen-bond acceptors (Lipinski definition) is 5. The Bertz CT molecular complexity index is 1310. The Balaban J connectivity index is 1.33. The molecular weight excluding hydrogens is 458 g/mol. The lowest BCUT2D eigenvalue weighted by Gasteiger charge is -2.30. The summed E-state index contributed by atoms with van der Waals surface area (Å²) < 4.78 is 0. The van der Waals surface area contributed by atoms with Crippen LogP contribution in [0.4, 0.5) is 10.5 Å². The Kier molecular flexibility index (Phi) is 5.55. The van der Waals surface area contributed by atoms with Gasteiger partial charge in [-0.2, -0.15) is 5.26 Å². The summed E-state index contributed by atoms with van der Waals surface area (Å²) in [4.78, 5) is 53.8. The number of rotatable bonds is 6. The molecule has 36 heavy (non-hydrogen) atoms. The Labute approximate surface area is 209 Å². The van der Waals surface area contributed by atoms with Gasteiger partial charge in [-0.1, -0.05) is 36.4 Å². The van der Waals surface area contributed by atoms with Crippen molar-refractivity contribution < 1.29 is 19.2 Å². The molecule has 0 unspecified atom stereocenters. The molecule has 2 aromatic rings. The van der Waals surface area contributed by atoms with Crippen molar-refractivity contribution in [3.8, 4) is 6.07 Å². The van der Waals surface area contributed by atoms with Crippen LogP contribution in [0.1, 0.15) is 42.5 Å². The average Bonchev–Trinajstić information content (AvgIpc) is 3.54. The van der Waals surface area contributed by atoms with Gasteiger partial charge in [0, 0.05) is 25.6 Å². The Morgan fingerprint density at radius 1 is 1.14 bits per heavy atom. The van der Waals surface area contributed by atoms with Gasteiger partial charge in [0.1, 0.15) is 17.5 Å². The molecule has 5 amide bonds. The van der Waals surface area contributed by atoms with E-state index in [4.69, 9.17) is 0 Å². The number of urea groups is 1. The minimum atomic E-state index is -1.05. The van der Waals surface area contributed by atoms with E-state index in [2.05, 4.69) is 16.7 Å². The average molecular weight is 486 g/mol. The third-order valence-corrected chi connectivity index (χ3v) is 7.74. The first-order chi connectivity index (χ1) is 17.2. The Morgan fingerprint density at radius 3 is 2.44 bits per heavy atom. The van der Waals surface area contributed by atoms with Gasteiger partial charge < -0.3 is 15.1 Å². The number of nitriles is 1. The summed E-state index contributed by atoms with van der Waals surface area (Å²) in [6.07, 6.45) is 1.77. The number of carbonyl (C=O) groups excluding carboxylic acids is 4. The number of amides is 5. The van der Waals surface area contributed by atoms with E-state index < -0.39 is 17.0 Å². The van der Waals surface area contributed by atoms with Gasteiger partial charge in [-0.15, -0.1) is 0 Å². The first kappa shape index (κ1) is 23.5. The van der Waals surface area contributed by atoms with Crippen molar-refractivity contribution >= 4 is 29.4 Å². The molecule has 2 aliphatic carbocycles. The lowest BCUT2D eigenvalue weighted by atomic mass is 9.95. The summed E-state index contributed by atoms with van der Waals surface area (Å²) in [5.41, 5.74) is 1.27. The van der Waals surface area contributed by atoms with Gasteiger partial charge in [-0.3, -0.25) is 19.7 Å². The van der Waals surface area contributed by atoms with Crippen molar-refractivity contribution in [1.29, 1.82) is 5.26 Å². The van der Waals surface area contributed by atoms with Crippen LogP contribution >= 0.6 is 0 Å². The van der Waals surface area contributed by atoms with Crippen LogP contribution < -0.4 is 10.6 Å². The highest BCUT2D eigenvalue weighted by Crippen LogP contribution is 2.47. The molecule has 1 heterocycles. The van der Waals surface area contributed by atoms with Crippen LogP contribution in [0.5, 0.6) is 0 Å². The molecule has 2 fully saturated rings. The van der Waals surface area contributed by atoms with E-state index in [0.717, 1.165) is 16.7 Å². The van der Waals surface area contributed by atoms with Crippen molar-refractivity contribution in [2.75, 3.05) is 18.9 Å². The monoisotopic (exact) mass is 485 g/mol. The van der Waals surface area contributed by atoms with Crippen LogP contribution in [0.15, 0.2) is 48.5 Å². The summed E-state index contributed by atoms with van der Waals surface area (Å²) in [6.45, 7) is 1.66. The Morgan fingerprint density at radius 2 is 1.83 bits per heavy atom. The topological polar surface area (TPSA) is 123 Å². The molecule has 2 atom stereocenters. The molecule has 1 saturated carbocycles. The minimum Gasteiger partial charge on any atom is -0.325 e. The predicted molar refractivity (Wildman–Crippen MR) is 130 cm³/mol. The number of anilines is 1. The fraction of sp³-hybridized carbons (Fsp3) is 0.370. The Hall–Kier alpha value is -4.19. The molecule has 0 bridgehead atoms. The fourth-order valence-electron chi connectivity index (χ4n) is 5.20. The number of benzene rings is 2. The van der Waals surface area contributed by atoms with Gasteiger partial charge in [-0.05, 0) is 48.6 Å². The zero-order valence-electron chi connectivity index (χ0n) is 20.2. The van der Waals surface area contributed by atoms with Crippen molar-refractivity contribution in [2.45, 2.75) is 44.2 Å². The van der Waals surface area contributed by atoms with Crippen LogP contribution in [0.3, 0.4) is 0 Å². The van der Waals surface area contributed by atoms with Crippen LogP contribution in [-0.2, 0) is 27.2 Å². The number of nitrogens with zero attached hydrogens (tertiary/aromatic N) is 3. The fourth-order valence-corrected chi connectivity index (χ4v) is 5.20. The summed E-state index contributed by atoms with van der Waals surface area (Å²) in [5, 5.41) is 14.8. The van der Waals surface area contributed by atoms with E-state index in [9.17, 15) is 24.4 Å². The van der Waals surface area contributed by atoms with Crippen LogP contribution in [0.25, 0.3) is 0 Å². The molecule has 1 saturated heterocycles. The van der Waals surface area contributed by atoms with Gasteiger partial charge >= 0.3 is 6.03 Å². The second-order valence-corrected chi connectivity index (χ2v) is 9.95. The van der Waals surface area contributed by atoms with Crippen LogP contribution in [0, 0.1) is 16.7 Å². The maximum Gasteiger partial charge on any atom is 0.324 e. The molecule has 1 spiro atoms. The molecule has 0 aromatic heterocycles.